The van der Waals surface area contributed by atoms with Crippen molar-refractivity contribution in [2.24, 2.45) is 17.8 Å². The van der Waals surface area contributed by atoms with E-state index in [1.165, 1.54) is 102 Å². The summed E-state index contributed by atoms with van der Waals surface area (Å²) in [7, 11) is 0. The molecule has 0 spiro atoms. The van der Waals surface area contributed by atoms with Gasteiger partial charge >= 0.3 is 0 Å². The van der Waals surface area contributed by atoms with Crippen molar-refractivity contribution < 1.29 is 30.0 Å². The molecule has 8 rings (SSSR count). The monoisotopic (exact) mass is 862 g/mol. The van der Waals surface area contributed by atoms with Crippen molar-refractivity contribution in [1.29, 1.82) is 0 Å². The number of fused-ring (bicyclic) bond motifs is 7. The van der Waals surface area contributed by atoms with E-state index in [2.05, 4.69) is 66.8 Å². The van der Waals surface area contributed by atoms with E-state index in [1.54, 1.807) is 0 Å². The van der Waals surface area contributed by atoms with Crippen LogP contribution >= 0.6 is 11.3 Å². The van der Waals surface area contributed by atoms with Crippen LogP contribution in [0.5, 0.6) is 0 Å². The van der Waals surface area contributed by atoms with Gasteiger partial charge in [-0.25, -0.2) is 0 Å². The summed E-state index contributed by atoms with van der Waals surface area (Å²) in [6, 6.07) is 19.9. The summed E-state index contributed by atoms with van der Waals surface area (Å²) >= 11 is 1.85. The third-order valence-electron chi connectivity index (χ3n) is 11.5. The quantitative estimate of drug-likeness (QED) is 0.0517. The summed E-state index contributed by atoms with van der Waals surface area (Å²) in [5, 5.41) is 17.6. The van der Waals surface area contributed by atoms with Gasteiger partial charge in [-0.2, -0.15) is 11.3 Å². The molecule has 3 aromatic carbocycles. The van der Waals surface area contributed by atoms with E-state index in [4.69, 9.17) is 4.98 Å². The van der Waals surface area contributed by atoms with E-state index in [9.17, 15) is 9.90 Å². The van der Waals surface area contributed by atoms with Crippen molar-refractivity contribution in [1.82, 2.24) is 9.38 Å². The van der Waals surface area contributed by atoms with Crippen LogP contribution in [0.25, 0.3) is 59.1 Å². The first kappa shape index (κ1) is 36.5. The summed E-state index contributed by atoms with van der Waals surface area (Å²) in [5.41, 5.74) is 7.85. The molecule has 1 N–H and O–H groups in total. The third kappa shape index (κ3) is 6.26. The Morgan fingerprint density at radius 1 is 0.960 bits per heavy atom. The van der Waals surface area contributed by atoms with Crippen LogP contribution < -0.4 is 0 Å². The van der Waals surface area contributed by atoms with E-state index in [-0.39, 0.29) is 43.5 Å². The number of aromatic nitrogens is 2. The molecule has 7 aromatic rings. The number of hydrogen-bond donors (Lipinski definition) is 1. The van der Waals surface area contributed by atoms with Gasteiger partial charge in [-0.15, -0.1) is 12.1 Å². The number of para-hydroxylation sites is 1. The number of nitrogens with zero attached hydrogens (tertiary/aromatic N) is 2. The number of aryl methyl sites for hydroxylation is 2. The zero-order valence-electron chi connectivity index (χ0n) is 30.3. The van der Waals surface area contributed by atoms with Crippen molar-refractivity contribution in [3.8, 4) is 0 Å². The van der Waals surface area contributed by atoms with Crippen LogP contribution in [0.4, 0.5) is 0 Å². The summed E-state index contributed by atoms with van der Waals surface area (Å²) in [6.07, 6.45) is 13.6. The molecule has 1 aliphatic carbocycles. The minimum Gasteiger partial charge on any atom is -0.512 e. The van der Waals surface area contributed by atoms with Crippen LogP contribution in [0.15, 0.2) is 60.5 Å². The zero-order valence-corrected chi connectivity index (χ0v) is 33.5. The van der Waals surface area contributed by atoms with E-state index < -0.39 is 0 Å². The molecule has 0 aliphatic heterocycles. The second-order valence-corrected chi connectivity index (χ2v) is 15.5. The molecular weight excluding hydrogens is 813 g/mol. The molecule has 1 aliphatic rings. The standard InChI is InChI=1S/C31H25N2S.C13H24O2.Ir/c1-17-18(2)34-27-16-24-26(15-23(17)27)33-25-10-6-5-9-22(25)28-21(13-19-7-3-4-8-19)14-20-11-12-32-30(24)29(20)31(28)33;1-5-10(6-2)12(14)9-13(15)11(7-3)8-4;/h5-6,9-12,14-15,19H,3-4,7-8,13H2,1-2H3;9-11,14H,5-8H2,1-4H3;/q-1;;/b;12-9-;. The van der Waals surface area contributed by atoms with Gasteiger partial charge in [0.05, 0.1) is 5.76 Å². The van der Waals surface area contributed by atoms with Gasteiger partial charge in [-0.05, 0) is 101 Å². The molecule has 4 nitrogen and oxygen atoms in total. The van der Waals surface area contributed by atoms with Gasteiger partial charge in [-0.3, -0.25) is 4.79 Å². The molecule has 0 saturated heterocycles. The number of hydrogen-bond acceptors (Lipinski definition) is 4. The molecule has 1 fully saturated rings. The van der Waals surface area contributed by atoms with Crippen molar-refractivity contribution in [3.05, 3.63) is 82.6 Å². The number of aliphatic hydroxyl groups is 1. The van der Waals surface area contributed by atoms with Crippen molar-refractivity contribution in [2.45, 2.75) is 99.3 Å². The molecule has 263 valence electrons. The molecule has 6 heteroatoms. The molecule has 50 heavy (non-hydrogen) atoms. The maximum atomic E-state index is 11.7. The minimum absolute atomic E-state index is 0. The van der Waals surface area contributed by atoms with Gasteiger partial charge in [0, 0.05) is 66.0 Å². The summed E-state index contributed by atoms with van der Waals surface area (Å²) < 4.78 is 3.76. The van der Waals surface area contributed by atoms with Crippen LogP contribution in [0.1, 0.15) is 95.1 Å². The largest absolute Gasteiger partial charge is 0.512 e. The number of carbonyl (C=O) groups excluding carboxylic acids is 1. The SMILES string of the molecule is CCC(CC)C(=O)/C=C(\O)C(CC)CC.Cc1sc2[c-]c3c4nccc5cc(CC6CCCC6)c6c7ccccc7n(c3cc2c1C)c6c54.[Ir]. The van der Waals surface area contributed by atoms with Crippen molar-refractivity contribution >= 4 is 76.2 Å². The van der Waals surface area contributed by atoms with Crippen LogP contribution in [0, 0.1) is 37.7 Å². The Kier molecular flexibility index (Phi) is 11.0. The second-order valence-electron chi connectivity index (χ2n) is 14.3. The number of aliphatic hydroxyl groups excluding tert-OH is 1. The van der Waals surface area contributed by atoms with Gasteiger partial charge < -0.3 is 14.5 Å². The van der Waals surface area contributed by atoms with Gasteiger partial charge in [0.2, 0.25) is 0 Å². The number of carbonyl (C=O) groups is 1. The van der Waals surface area contributed by atoms with Gasteiger partial charge in [-0.1, -0.05) is 94.0 Å². The van der Waals surface area contributed by atoms with Crippen molar-refractivity contribution in [3.63, 3.8) is 0 Å². The molecule has 1 saturated carbocycles. The predicted molar refractivity (Wildman–Crippen MR) is 210 cm³/mol. The van der Waals surface area contributed by atoms with Crippen LogP contribution in [-0.4, -0.2) is 20.3 Å². The first-order valence-electron chi connectivity index (χ1n) is 18.5. The van der Waals surface area contributed by atoms with E-state index in [0.29, 0.717) is 0 Å². The number of thiophene rings is 1. The molecule has 0 atom stereocenters. The minimum atomic E-state index is 0. The van der Waals surface area contributed by atoms with Crippen LogP contribution in [0.3, 0.4) is 0 Å². The zero-order chi connectivity index (χ0) is 34.4. The average Bonchev–Trinajstić information content (AvgIpc) is 3.82. The average molecular weight is 862 g/mol. The Morgan fingerprint density at radius 2 is 1.66 bits per heavy atom. The second kappa shape index (κ2) is 15.1. The van der Waals surface area contributed by atoms with Crippen molar-refractivity contribution in [2.75, 3.05) is 0 Å². The Balaban J connectivity index is 0.000000233. The molecule has 0 bridgehead atoms. The molecule has 0 amide bonds. The van der Waals surface area contributed by atoms with Crippen LogP contribution in [0.2, 0.25) is 0 Å². The maximum absolute atomic E-state index is 11.7. The normalized spacial score (nSPS) is 14.3. The van der Waals surface area contributed by atoms with Crippen LogP contribution in [-0.2, 0) is 31.3 Å². The fourth-order valence-electron chi connectivity index (χ4n) is 8.47. The number of benzene rings is 3. The van der Waals surface area contributed by atoms with Gasteiger partial charge in [0.15, 0.2) is 5.78 Å². The Bertz CT molecular complexity index is 2330. The number of ketones is 1. The topological polar surface area (TPSA) is 54.6 Å². The fourth-order valence-corrected chi connectivity index (χ4v) is 9.51. The smallest absolute Gasteiger partial charge is 0.162 e. The summed E-state index contributed by atoms with van der Waals surface area (Å²) in [4.78, 5) is 18.1. The molecular formula is C44H49IrN2O2S-. The molecule has 0 unspecified atom stereocenters. The molecule has 1 radical (unpaired) electrons. The summed E-state index contributed by atoms with van der Waals surface area (Å²) in [6.45, 7) is 12.5. The Labute approximate surface area is 313 Å². The summed E-state index contributed by atoms with van der Waals surface area (Å²) in [5.74, 6) is 1.36. The Morgan fingerprint density at radius 3 is 2.36 bits per heavy atom. The van der Waals surface area contributed by atoms with E-state index >= 15 is 0 Å². The van der Waals surface area contributed by atoms with E-state index in [0.717, 1.165) is 42.5 Å². The number of pyridine rings is 2. The van der Waals surface area contributed by atoms with E-state index in [1.807, 2.05) is 45.2 Å². The van der Waals surface area contributed by atoms with Gasteiger partial charge in [0.1, 0.15) is 0 Å². The predicted octanol–water partition coefficient (Wildman–Crippen LogP) is 12.6. The number of rotatable bonds is 9. The first-order valence-corrected chi connectivity index (χ1v) is 19.4. The maximum Gasteiger partial charge on any atom is 0.162 e. The molecule has 4 aromatic heterocycles. The third-order valence-corrected chi connectivity index (χ3v) is 12.6. The number of allylic oxidation sites excluding steroid dienone is 2. The Hall–Kier alpha value is -3.31. The first-order chi connectivity index (χ1) is 23.8. The molecule has 4 heterocycles. The van der Waals surface area contributed by atoms with Gasteiger partial charge in [0.25, 0.3) is 0 Å². The fraction of sp³-hybridized carbons (Fsp3) is 0.409.